The van der Waals surface area contributed by atoms with Crippen LogP contribution in [-0.4, -0.2) is 0 Å². The zero-order valence-electron chi connectivity index (χ0n) is 28.2. The lowest BCUT2D eigenvalue weighted by Gasteiger charge is -2.35. The highest BCUT2D eigenvalue weighted by atomic mass is 32.1. The van der Waals surface area contributed by atoms with Gasteiger partial charge in [0.05, 0.1) is 5.41 Å². The fourth-order valence-corrected chi connectivity index (χ4v) is 9.85. The third-order valence-corrected chi connectivity index (χ3v) is 12.1. The molecule has 0 atom stereocenters. The predicted molar refractivity (Wildman–Crippen MR) is 219 cm³/mol. The van der Waals surface area contributed by atoms with Gasteiger partial charge in [-0.15, -0.1) is 11.3 Å². The maximum absolute atomic E-state index is 6.37. The Morgan fingerprint density at radius 3 is 1.63 bits per heavy atom. The summed E-state index contributed by atoms with van der Waals surface area (Å²) in [7, 11) is 0. The van der Waals surface area contributed by atoms with E-state index in [0.717, 1.165) is 28.2 Å². The van der Waals surface area contributed by atoms with Gasteiger partial charge in [0.2, 0.25) is 0 Å². The van der Waals surface area contributed by atoms with E-state index in [0.29, 0.717) is 0 Å². The summed E-state index contributed by atoms with van der Waals surface area (Å²) in [5.74, 6) is 0. The van der Waals surface area contributed by atoms with E-state index in [4.69, 9.17) is 4.42 Å². The Morgan fingerprint density at radius 1 is 0.404 bits per heavy atom. The third kappa shape index (κ3) is 4.17. The normalized spacial score (nSPS) is 13.2. The van der Waals surface area contributed by atoms with Gasteiger partial charge in [0.15, 0.2) is 0 Å². The van der Waals surface area contributed by atoms with Gasteiger partial charge >= 0.3 is 0 Å². The molecule has 0 bridgehead atoms. The van der Waals surface area contributed by atoms with Gasteiger partial charge in [-0.25, -0.2) is 0 Å². The summed E-state index contributed by atoms with van der Waals surface area (Å²) in [6.45, 7) is 0. The van der Waals surface area contributed by atoms with Crippen LogP contribution in [0.1, 0.15) is 22.3 Å². The lowest BCUT2D eigenvalue weighted by Crippen LogP contribution is -2.29. The van der Waals surface area contributed by atoms with E-state index in [2.05, 4.69) is 193 Å². The molecule has 1 aliphatic rings. The van der Waals surface area contributed by atoms with Crippen LogP contribution in [0.15, 0.2) is 192 Å². The number of hydrogen-bond donors (Lipinski definition) is 0. The van der Waals surface area contributed by atoms with Crippen molar-refractivity contribution in [2.75, 3.05) is 4.90 Å². The van der Waals surface area contributed by atoms with E-state index >= 15 is 0 Å². The van der Waals surface area contributed by atoms with Crippen LogP contribution in [0.3, 0.4) is 0 Å². The van der Waals surface area contributed by atoms with E-state index in [1.807, 2.05) is 11.3 Å². The highest BCUT2D eigenvalue weighted by Crippen LogP contribution is 2.57. The fraction of sp³-hybridized carbons (Fsp3) is 0.0204. The van der Waals surface area contributed by atoms with Gasteiger partial charge in [0.1, 0.15) is 11.2 Å². The number of rotatable bonds is 6. The van der Waals surface area contributed by atoms with Crippen molar-refractivity contribution in [3.8, 4) is 11.1 Å². The molecule has 0 N–H and O–H groups in total. The number of thiophene rings is 1. The first kappa shape index (κ1) is 29.3. The molecule has 244 valence electrons. The molecule has 0 amide bonds. The second kappa shape index (κ2) is 11.3. The minimum atomic E-state index is -0.474. The molecule has 0 radical (unpaired) electrons. The predicted octanol–water partition coefficient (Wildman–Crippen LogP) is 13.8. The maximum atomic E-state index is 6.37. The first-order valence-corrected chi connectivity index (χ1v) is 18.6. The van der Waals surface area contributed by atoms with Crippen LogP contribution < -0.4 is 4.90 Å². The Kier molecular flexibility index (Phi) is 6.37. The van der Waals surface area contributed by atoms with E-state index in [9.17, 15) is 0 Å². The Balaban J connectivity index is 1.09. The van der Waals surface area contributed by atoms with Crippen molar-refractivity contribution in [2.45, 2.75) is 5.41 Å². The van der Waals surface area contributed by atoms with Crippen molar-refractivity contribution in [3.63, 3.8) is 0 Å². The van der Waals surface area contributed by atoms with Gasteiger partial charge in [0.25, 0.3) is 0 Å². The third-order valence-electron chi connectivity index (χ3n) is 10.9. The molecule has 52 heavy (non-hydrogen) atoms. The fourth-order valence-electron chi connectivity index (χ4n) is 8.71. The first-order valence-electron chi connectivity index (χ1n) is 17.8. The van der Waals surface area contributed by atoms with Gasteiger partial charge in [-0.2, -0.15) is 0 Å². The molecule has 0 aliphatic heterocycles. The second-order valence-electron chi connectivity index (χ2n) is 13.6. The Hall–Kier alpha value is -6.42. The average molecular weight is 682 g/mol. The summed E-state index contributed by atoms with van der Waals surface area (Å²) < 4.78 is 8.96. The van der Waals surface area contributed by atoms with Crippen molar-refractivity contribution < 1.29 is 4.42 Å². The van der Waals surface area contributed by atoms with E-state index in [1.54, 1.807) is 0 Å². The molecule has 3 heteroatoms. The highest BCUT2D eigenvalue weighted by Gasteiger charge is 2.46. The minimum Gasteiger partial charge on any atom is -0.456 e. The second-order valence-corrected chi connectivity index (χ2v) is 14.7. The quantitative estimate of drug-likeness (QED) is 0.174. The molecule has 2 aromatic heterocycles. The number of hydrogen-bond acceptors (Lipinski definition) is 3. The lowest BCUT2D eigenvalue weighted by molar-refractivity contribution is 0.663. The summed E-state index contributed by atoms with van der Waals surface area (Å²) >= 11 is 1.86. The molecule has 1 aliphatic carbocycles. The van der Waals surface area contributed by atoms with Crippen LogP contribution in [0.4, 0.5) is 17.1 Å². The van der Waals surface area contributed by atoms with E-state index in [-0.39, 0.29) is 0 Å². The van der Waals surface area contributed by atoms with Crippen LogP contribution in [0.5, 0.6) is 0 Å². The number of nitrogens with zero attached hydrogens (tertiary/aromatic N) is 1. The largest absolute Gasteiger partial charge is 0.456 e. The van der Waals surface area contributed by atoms with Crippen LogP contribution in [-0.2, 0) is 5.41 Å². The molecular formula is C49H31NOS. The molecule has 0 unspecified atom stereocenters. The first-order chi connectivity index (χ1) is 25.8. The maximum Gasteiger partial charge on any atom is 0.135 e. The number of fused-ring (bicyclic) bond motifs is 3. The molecule has 0 saturated carbocycles. The Labute approximate surface area is 305 Å². The molecular weight excluding hydrogens is 651 g/mol. The van der Waals surface area contributed by atoms with Crippen LogP contribution in [0.2, 0.25) is 0 Å². The number of furan rings is 1. The molecule has 8 aromatic carbocycles. The summed E-state index contributed by atoms with van der Waals surface area (Å²) in [6, 6.07) is 68.5. The summed E-state index contributed by atoms with van der Waals surface area (Å²) in [6.07, 6.45) is 0. The van der Waals surface area contributed by atoms with Crippen molar-refractivity contribution in [3.05, 3.63) is 210 Å². The van der Waals surface area contributed by atoms with E-state index in [1.165, 1.54) is 64.3 Å². The monoisotopic (exact) mass is 681 g/mol. The number of anilines is 3. The average Bonchev–Trinajstić information content (AvgIpc) is 3.88. The smallest absolute Gasteiger partial charge is 0.135 e. The molecule has 2 heterocycles. The SMILES string of the molecule is c1ccc(-c2ccc(N(c3ccc(C4(c5ccccc5)c5cccc6oc7cccc4c7c56)cc3)c3ccc4c(c3)sc3ccccc34)cc2)cc1. The summed E-state index contributed by atoms with van der Waals surface area (Å²) in [5.41, 5.74) is 12.2. The summed E-state index contributed by atoms with van der Waals surface area (Å²) in [5, 5.41) is 5.05. The zero-order chi connectivity index (χ0) is 34.2. The molecule has 0 fully saturated rings. The van der Waals surface area contributed by atoms with Crippen molar-refractivity contribution in [1.29, 1.82) is 0 Å². The number of benzene rings is 8. The molecule has 2 nitrogen and oxygen atoms in total. The van der Waals surface area contributed by atoms with Gasteiger partial charge in [0, 0.05) is 48.0 Å². The highest BCUT2D eigenvalue weighted by molar-refractivity contribution is 7.25. The summed E-state index contributed by atoms with van der Waals surface area (Å²) in [4.78, 5) is 2.39. The molecule has 0 saturated heterocycles. The zero-order valence-corrected chi connectivity index (χ0v) is 29.0. The lowest BCUT2D eigenvalue weighted by atomic mass is 9.67. The van der Waals surface area contributed by atoms with E-state index < -0.39 is 5.41 Å². The van der Waals surface area contributed by atoms with Crippen LogP contribution >= 0.6 is 11.3 Å². The topological polar surface area (TPSA) is 16.4 Å². The van der Waals surface area contributed by atoms with Gasteiger partial charge in [-0.05, 0) is 88.0 Å². The Morgan fingerprint density at radius 2 is 0.942 bits per heavy atom. The van der Waals surface area contributed by atoms with Crippen molar-refractivity contribution in [2.24, 2.45) is 0 Å². The van der Waals surface area contributed by atoms with Crippen molar-refractivity contribution in [1.82, 2.24) is 0 Å². The van der Waals surface area contributed by atoms with Crippen molar-refractivity contribution >= 4 is 70.5 Å². The Bertz CT molecular complexity index is 2880. The molecule has 11 rings (SSSR count). The van der Waals surface area contributed by atoms with Gasteiger partial charge < -0.3 is 9.32 Å². The van der Waals surface area contributed by atoms with Gasteiger partial charge in [-0.1, -0.05) is 133 Å². The van der Waals surface area contributed by atoms with Crippen LogP contribution in [0, 0.1) is 0 Å². The molecule has 0 spiro atoms. The molecule has 10 aromatic rings. The minimum absolute atomic E-state index is 0.474. The van der Waals surface area contributed by atoms with Gasteiger partial charge in [-0.3, -0.25) is 0 Å². The van der Waals surface area contributed by atoms with Crippen LogP contribution in [0.25, 0.3) is 53.2 Å². The standard InChI is InChI=1S/C49H31NOS/c1-3-11-32(12-4-1)33-21-25-36(26-22-33)50(38-29-30-40-39-15-7-8-20-45(39)52-46(40)31-38)37-27-23-35(24-28-37)49(34-13-5-2-6-14-34)41-16-9-18-43-47(41)48-42(49)17-10-19-44(48)51-43/h1-31H.